The number of nitrogens with one attached hydrogen (secondary N) is 1. The summed E-state index contributed by atoms with van der Waals surface area (Å²) in [4.78, 5) is 24.4. The lowest BCUT2D eigenvalue weighted by atomic mass is 10.1. The van der Waals surface area contributed by atoms with Gasteiger partial charge in [0, 0.05) is 24.2 Å². The zero-order valence-corrected chi connectivity index (χ0v) is 13.8. The molecule has 0 aliphatic heterocycles. The van der Waals surface area contributed by atoms with Gasteiger partial charge in [0.25, 0.3) is 5.91 Å². The number of benzene rings is 2. The van der Waals surface area contributed by atoms with E-state index < -0.39 is 0 Å². The van der Waals surface area contributed by atoms with Crippen LogP contribution < -0.4 is 9.88 Å². The largest absolute Gasteiger partial charge is 0.348 e. The number of rotatable bonds is 6. The fraction of sp³-hybridized carbons (Fsp3) is 0.0952. The molecule has 0 fully saturated rings. The Morgan fingerprint density at radius 2 is 1.36 bits per heavy atom. The van der Waals surface area contributed by atoms with Crippen LogP contribution in [0.3, 0.4) is 0 Å². The Morgan fingerprint density at radius 3 is 2.00 bits per heavy atom. The highest BCUT2D eigenvalue weighted by Crippen LogP contribution is 2.02. The summed E-state index contributed by atoms with van der Waals surface area (Å²) >= 11 is 0. The number of hydrogen-bond donors (Lipinski definition) is 1. The third-order valence-corrected chi connectivity index (χ3v) is 3.87. The zero-order chi connectivity index (χ0) is 17.5. The molecule has 4 nitrogen and oxygen atoms in total. The van der Waals surface area contributed by atoms with Crippen molar-refractivity contribution >= 4 is 11.7 Å². The van der Waals surface area contributed by atoms with Crippen molar-refractivity contribution in [2.24, 2.45) is 0 Å². The van der Waals surface area contributed by atoms with Crippen molar-refractivity contribution in [1.29, 1.82) is 0 Å². The van der Waals surface area contributed by atoms with Crippen LogP contribution in [-0.4, -0.2) is 11.7 Å². The Labute approximate surface area is 146 Å². The Hall–Kier alpha value is -3.27. The van der Waals surface area contributed by atoms with E-state index in [1.54, 1.807) is 41.2 Å². The van der Waals surface area contributed by atoms with Gasteiger partial charge in [-0.25, -0.2) is 0 Å². The highest BCUT2D eigenvalue weighted by Gasteiger charge is 2.13. The van der Waals surface area contributed by atoms with Crippen LogP contribution >= 0.6 is 0 Å². The highest BCUT2D eigenvalue weighted by molar-refractivity contribution is 5.95. The van der Waals surface area contributed by atoms with Gasteiger partial charge in [0.15, 0.2) is 12.4 Å². The van der Waals surface area contributed by atoms with E-state index in [0.717, 1.165) is 5.56 Å². The van der Waals surface area contributed by atoms with Gasteiger partial charge in [-0.2, -0.15) is 4.57 Å². The molecular weight excluding hydrogens is 312 g/mol. The summed E-state index contributed by atoms with van der Waals surface area (Å²) in [5.41, 5.74) is 2.30. The first kappa shape index (κ1) is 16.6. The van der Waals surface area contributed by atoms with Gasteiger partial charge in [0.1, 0.15) is 0 Å². The van der Waals surface area contributed by atoms with Gasteiger partial charge in [-0.3, -0.25) is 9.59 Å². The molecule has 0 aliphatic rings. The second-order valence-electron chi connectivity index (χ2n) is 5.72. The number of nitrogens with zero attached hydrogens (tertiary/aromatic N) is 1. The number of amides is 1. The predicted molar refractivity (Wildman–Crippen MR) is 95.0 cm³/mol. The van der Waals surface area contributed by atoms with Crippen LogP contribution in [0.15, 0.2) is 85.2 Å². The third-order valence-electron chi connectivity index (χ3n) is 3.87. The average Bonchev–Trinajstić information content (AvgIpc) is 2.68. The lowest BCUT2D eigenvalue weighted by Crippen LogP contribution is -2.37. The molecule has 3 rings (SSSR count). The van der Waals surface area contributed by atoms with Crippen molar-refractivity contribution in [2.75, 3.05) is 0 Å². The number of carbonyl (C=O) groups excluding carboxylic acids is 2. The summed E-state index contributed by atoms with van der Waals surface area (Å²) in [6.07, 6.45) is 3.50. The zero-order valence-electron chi connectivity index (χ0n) is 13.8. The van der Waals surface area contributed by atoms with E-state index in [9.17, 15) is 9.59 Å². The molecule has 1 N–H and O–H groups in total. The molecule has 25 heavy (non-hydrogen) atoms. The number of ketones is 1. The first-order chi connectivity index (χ1) is 12.2. The topological polar surface area (TPSA) is 50.0 Å². The normalized spacial score (nSPS) is 10.2. The molecule has 0 saturated heterocycles. The summed E-state index contributed by atoms with van der Waals surface area (Å²) < 4.78 is 1.77. The summed E-state index contributed by atoms with van der Waals surface area (Å²) in [7, 11) is 0. The molecule has 0 saturated carbocycles. The molecule has 4 heteroatoms. The smallest absolute Gasteiger partial charge is 0.252 e. The standard InChI is InChI=1S/C21H18N2O2/c24-20(18-9-5-2-6-10-18)16-23-13-11-19(12-14-23)21(25)22-15-17-7-3-1-4-8-17/h1-14H,15-16H2/p+1. The van der Waals surface area contributed by atoms with Gasteiger partial charge < -0.3 is 5.32 Å². The Morgan fingerprint density at radius 1 is 0.760 bits per heavy atom. The monoisotopic (exact) mass is 331 g/mol. The minimum atomic E-state index is -0.134. The lowest BCUT2D eigenvalue weighted by Gasteiger charge is -2.05. The maximum Gasteiger partial charge on any atom is 0.252 e. The predicted octanol–water partition coefficient (Wildman–Crippen LogP) is 2.79. The molecule has 1 aromatic heterocycles. The van der Waals surface area contributed by atoms with Crippen LogP contribution in [0.25, 0.3) is 0 Å². The van der Waals surface area contributed by atoms with Crippen molar-refractivity contribution in [1.82, 2.24) is 5.32 Å². The summed E-state index contributed by atoms with van der Waals surface area (Å²) in [5.74, 6) is -0.0998. The van der Waals surface area contributed by atoms with Crippen LogP contribution in [0.1, 0.15) is 26.3 Å². The minimum absolute atomic E-state index is 0.0341. The highest BCUT2D eigenvalue weighted by atomic mass is 16.1. The fourth-order valence-corrected chi connectivity index (χ4v) is 2.48. The minimum Gasteiger partial charge on any atom is -0.348 e. The molecule has 2 aromatic carbocycles. The average molecular weight is 331 g/mol. The molecule has 0 bridgehead atoms. The first-order valence-electron chi connectivity index (χ1n) is 8.12. The molecule has 3 aromatic rings. The number of hydrogen-bond acceptors (Lipinski definition) is 2. The van der Waals surface area contributed by atoms with Gasteiger partial charge in [-0.05, 0) is 5.56 Å². The maximum absolute atomic E-state index is 12.2. The maximum atomic E-state index is 12.2. The van der Waals surface area contributed by atoms with Gasteiger partial charge in [0.2, 0.25) is 12.3 Å². The number of aromatic nitrogens is 1. The molecule has 124 valence electrons. The van der Waals surface area contributed by atoms with Crippen LogP contribution in [0.2, 0.25) is 0 Å². The van der Waals surface area contributed by atoms with Gasteiger partial charge in [0.05, 0.1) is 5.56 Å². The molecule has 1 heterocycles. The van der Waals surface area contributed by atoms with Gasteiger partial charge in [-0.15, -0.1) is 0 Å². The van der Waals surface area contributed by atoms with Crippen molar-refractivity contribution in [2.45, 2.75) is 13.1 Å². The van der Waals surface area contributed by atoms with Gasteiger partial charge >= 0.3 is 0 Å². The Kier molecular flexibility index (Phi) is 5.32. The van der Waals surface area contributed by atoms with Crippen molar-refractivity contribution in [3.63, 3.8) is 0 Å². The van der Waals surface area contributed by atoms with E-state index >= 15 is 0 Å². The SMILES string of the molecule is O=C(C[n+]1ccc(C(=O)NCc2ccccc2)cc1)c1ccccc1. The van der Waals surface area contributed by atoms with E-state index in [1.807, 2.05) is 48.5 Å². The van der Waals surface area contributed by atoms with Crippen LogP contribution in [0, 0.1) is 0 Å². The molecule has 0 spiro atoms. The second-order valence-corrected chi connectivity index (χ2v) is 5.72. The molecule has 0 aliphatic carbocycles. The van der Waals surface area contributed by atoms with E-state index in [1.165, 1.54) is 0 Å². The third kappa shape index (κ3) is 4.61. The van der Waals surface area contributed by atoms with E-state index in [2.05, 4.69) is 5.32 Å². The van der Waals surface area contributed by atoms with Crippen LogP contribution in [0.5, 0.6) is 0 Å². The number of Topliss-reactive ketones (excluding diaryl/α,β-unsaturated/α-hetero) is 1. The summed E-state index contributed by atoms with van der Waals surface area (Å²) in [5, 5.41) is 2.89. The van der Waals surface area contributed by atoms with Crippen molar-refractivity contribution in [3.8, 4) is 0 Å². The molecule has 0 unspecified atom stereocenters. The quantitative estimate of drug-likeness (QED) is 0.558. The number of pyridine rings is 1. The van der Waals surface area contributed by atoms with Crippen molar-refractivity contribution in [3.05, 3.63) is 102 Å². The van der Waals surface area contributed by atoms with Crippen LogP contribution in [0.4, 0.5) is 0 Å². The molecule has 0 radical (unpaired) electrons. The Balaban J connectivity index is 1.58. The van der Waals surface area contributed by atoms with Gasteiger partial charge in [-0.1, -0.05) is 60.7 Å². The molecule has 1 amide bonds. The van der Waals surface area contributed by atoms with Crippen molar-refractivity contribution < 1.29 is 14.2 Å². The molecule has 0 atom stereocenters. The van der Waals surface area contributed by atoms with Crippen LogP contribution in [-0.2, 0) is 13.1 Å². The summed E-state index contributed by atoms with van der Waals surface area (Å²) in [6, 6.07) is 22.4. The van der Waals surface area contributed by atoms with E-state index in [0.29, 0.717) is 17.7 Å². The Bertz CT molecular complexity index is 844. The molecular formula is C21H19N2O2+. The van der Waals surface area contributed by atoms with E-state index in [-0.39, 0.29) is 18.2 Å². The second kappa shape index (κ2) is 8.02. The summed E-state index contributed by atoms with van der Waals surface area (Å²) in [6.45, 7) is 0.733. The fourth-order valence-electron chi connectivity index (χ4n) is 2.48. The lowest BCUT2D eigenvalue weighted by molar-refractivity contribution is -0.683. The van der Waals surface area contributed by atoms with E-state index in [4.69, 9.17) is 0 Å². The number of carbonyl (C=O) groups is 2. The first-order valence-corrected chi connectivity index (χ1v) is 8.12.